The molecule has 0 aliphatic carbocycles. The van der Waals surface area contributed by atoms with Gasteiger partial charge in [0.2, 0.25) is 6.20 Å². The lowest BCUT2D eigenvalue weighted by atomic mass is 10.1. The molecule has 5 nitrogen and oxygen atoms in total. The maximum absolute atomic E-state index is 11.8. The van der Waals surface area contributed by atoms with E-state index in [1.807, 2.05) is 13.0 Å². The second-order valence-corrected chi connectivity index (χ2v) is 3.71. The van der Waals surface area contributed by atoms with Crippen molar-refractivity contribution in [2.24, 2.45) is 0 Å². The van der Waals surface area contributed by atoms with Crippen LogP contribution >= 0.6 is 0 Å². The van der Waals surface area contributed by atoms with Crippen LogP contribution in [-0.2, 0) is 4.79 Å². The van der Waals surface area contributed by atoms with Crippen LogP contribution in [0.2, 0.25) is 0 Å². The first kappa shape index (κ1) is 10.4. The van der Waals surface area contributed by atoms with E-state index < -0.39 is 4.92 Å². The number of nitrogens with zero attached hydrogens (tertiary/aromatic N) is 2. The van der Waals surface area contributed by atoms with Gasteiger partial charge in [-0.25, -0.2) is 0 Å². The van der Waals surface area contributed by atoms with Crippen molar-refractivity contribution >= 4 is 17.2 Å². The van der Waals surface area contributed by atoms with E-state index in [0.717, 1.165) is 11.8 Å². The van der Waals surface area contributed by atoms with Crippen molar-refractivity contribution in [2.45, 2.75) is 6.92 Å². The van der Waals surface area contributed by atoms with Gasteiger partial charge in [0, 0.05) is 12.6 Å². The highest BCUT2D eigenvalue weighted by molar-refractivity contribution is 6.32. The van der Waals surface area contributed by atoms with Crippen LogP contribution in [0.15, 0.2) is 24.4 Å². The van der Waals surface area contributed by atoms with Gasteiger partial charge in [-0.15, -0.1) is 0 Å². The summed E-state index contributed by atoms with van der Waals surface area (Å²) >= 11 is 0. The average Bonchev–Trinajstić information content (AvgIpc) is 2.43. The lowest BCUT2D eigenvalue weighted by molar-refractivity contribution is -0.401. The van der Waals surface area contributed by atoms with Gasteiger partial charge in [-0.2, -0.15) is 0 Å². The van der Waals surface area contributed by atoms with Gasteiger partial charge >= 0.3 is 0 Å². The number of amides is 1. The Morgan fingerprint density at radius 3 is 2.75 bits per heavy atom. The van der Waals surface area contributed by atoms with Crippen LogP contribution in [0.25, 0.3) is 5.57 Å². The minimum absolute atomic E-state index is 0.145. The van der Waals surface area contributed by atoms with Gasteiger partial charge in [0.1, 0.15) is 5.57 Å². The van der Waals surface area contributed by atoms with Crippen LogP contribution in [0, 0.1) is 17.0 Å². The van der Waals surface area contributed by atoms with E-state index in [2.05, 4.69) is 0 Å². The van der Waals surface area contributed by atoms with Crippen molar-refractivity contribution in [1.82, 2.24) is 0 Å². The zero-order chi connectivity index (χ0) is 11.9. The summed E-state index contributed by atoms with van der Waals surface area (Å²) in [6.07, 6.45) is 0.768. The molecule has 1 amide bonds. The van der Waals surface area contributed by atoms with Crippen molar-refractivity contribution < 1.29 is 9.72 Å². The predicted octanol–water partition coefficient (Wildman–Crippen LogP) is 1.59. The number of benzene rings is 1. The number of carbonyl (C=O) groups is 1. The molecule has 1 aromatic carbocycles. The zero-order valence-corrected chi connectivity index (χ0v) is 8.93. The first-order valence-electron chi connectivity index (χ1n) is 4.75. The van der Waals surface area contributed by atoms with E-state index in [4.69, 9.17) is 0 Å². The monoisotopic (exact) mass is 218 g/mol. The van der Waals surface area contributed by atoms with Gasteiger partial charge in [0.15, 0.2) is 0 Å². The number of fused-ring (bicyclic) bond motifs is 1. The molecule has 0 aromatic heterocycles. The van der Waals surface area contributed by atoms with E-state index in [1.54, 1.807) is 19.2 Å². The summed E-state index contributed by atoms with van der Waals surface area (Å²) in [5.41, 5.74) is 2.45. The molecule has 1 aromatic rings. The number of rotatable bonds is 1. The largest absolute Gasteiger partial charge is 0.311 e. The molecule has 1 heterocycles. The van der Waals surface area contributed by atoms with Gasteiger partial charge in [-0.05, 0) is 19.1 Å². The highest BCUT2D eigenvalue weighted by Crippen LogP contribution is 2.35. The number of likely N-dealkylation sites (N-methyl/N-ethyl adjacent to an activating group) is 1. The molecule has 0 fully saturated rings. The summed E-state index contributed by atoms with van der Waals surface area (Å²) in [5, 5.41) is 10.5. The molecular formula is C11H10N2O3. The van der Waals surface area contributed by atoms with Crippen LogP contribution < -0.4 is 4.90 Å². The van der Waals surface area contributed by atoms with Gasteiger partial charge < -0.3 is 4.90 Å². The standard InChI is InChI=1S/C11H10N2O3/c1-7-3-4-10-8(5-7)9(6-13(15)16)11(14)12(10)2/h3-6H,1-2H3/b9-6+. The highest BCUT2D eigenvalue weighted by Gasteiger charge is 2.31. The molecule has 0 unspecified atom stereocenters. The van der Waals surface area contributed by atoms with E-state index in [9.17, 15) is 14.9 Å². The molecule has 0 saturated carbocycles. The molecule has 82 valence electrons. The second-order valence-electron chi connectivity index (χ2n) is 3.71. The van der Waals surface area contributed by atoms with Crippen molar-refractivity contribution in [3.05, 3.63) is 45.6 Å². The lowest BCUT2D eigenvalue weighted by Gasteiger charge is -2.08. The Bertz CT molecular complexity index is 520. The summed E-state index contributed by atoms with van der Waals surface area (Å²) in [5.74, 6) is -0.336. The summed E-state index contributed by atoms with van der Waals surface area (Å²) in [6.45, 7) is 1.88. The highest BCUT2D eigenvalue weighted by atomic mass is 16.6. The van der Waals surface area contributed by atoms with Gasteiger partial charge in [-0.1, -0.05) is 11.6 Å². The molecule has 0 spiro atoms. The fourth-order valence-corrected chi connectivity index (χ4v) is 1.79. The van der Waals surface area contributed by atoms with Crippen LogP contribution in [-0.4, -0.2) is 17.9 Å². The molecule has 16 heavy (non-hydrogen) atoms. The third-order valence-electron chi connectivity index (χ3n) is 2.57. The fraction of sp³-hybridized carbons (Fsp3) is 0.182. The van der Waals surface area contributed by atoms with Gasteiger partial charge in [0.25, 0.3) is 5.91 Å². The number of aryl methyl sites for hydroxylation is 1. The maximum atomic E-state index is 11.8. The SMILES string of the molecule is Cc1ccc2c(c1)/C(=C\[N+](=O)[O-])C(=O)N2C. The minimum atomic E-state index is -0.599. The lowest BCUT2D eigenvalue weighted by Crippen LogP contribution is -2.20. The van der Waals surface area contributed by atoms with Crippen molar-refractivity contribution in [3.8, 4) is 0 Å². The van der Waals surface area contributed by atoms with Gasteiger partial charge in [0.05, 0.1) is 10.6 Å². The Labute approximate surface area is 92.1 Å². The smallest absolute Gasteiger partial charge is 0.265 e. The molecule has 0 radical (unpaired) electrons. The van der Waals surface area contributed by atoms with Crippen LogP contribution in [0.3, 0.4) is 0 Å². The molecule has 1 aliphatic heterocycles. The first-order valence-corrected chi connectivity index (χ1v) is 4.75. The Kier molecular flexibility index (Phi) is 2.23. The second kappa shape index (κ2) is 3.44. The van der Waals surface area contributed by atoms with Crippen LogP contribution in [0.1, 0.15) is 11.1 Å². The number of hydrogen-bond acceptors (Lipinski definition) is 3. The number of anilines is 1. The molecule has 0 saturated heterocycles. The van der Waals surface area contributed by atoms with Crippen LogP contribution in [0.5, 0.6) is 0 Å². The summed E-state index contributed by atoms with van der Waals surface area (Å²) in [6, 6.07) is 5.45. The van der Waals surface area contributed by atoms with Crippen molar-refractivity contribution in [2.75, 3.05) is 11.9 Å². The van der Waals surface area contributed by atoms with Crippen LogP contribution in [0.4, 0.5) is 5.69 Å². The third-order valence-corrected chi connectivity index (χ3v) is 2.57. The Morgan fingerprint density at radius 2 is 2.12 bits per heavy atom. The minimum Gasteiger partial charge on any atom is -0.311 e. The maximum Gasteiger partial charge on any atom is 0.265 e. The van der Waals surface area contributed by atoms with Crippen molar-refractivity contribution in [1.29, 1.82) is 0 Å². The van der Waals surface area contributed by atoms with E-state index in [0.29, 0.717) is 11.3 Å². The summed E-state index contributed by atoms with van der Waals surface area (Å²) < 4.78 is 0. The van der Waals surface area contributed by atoms with E-state index in [-0.39, 0.29) is 11.5 Å². The molecule has 0 atom stereocenters. The zero-order valence-electron chi connectivity index (χ0n) is 8.93. The molecular weight excluding hydrogens is 208 g/mol. The van der Waals surface area contributed by atoms with Gasteiger partial charge in [-0.3, -0.25) is 14.9 Å². The van der Waals surface area contributed by atoms with E-state index in [1.165, 1.54) is 4.90 Å². The predicted molar refractivity (Wildman–Crippen MR) is 59.6 cm³/mol. The number of nitro groups is 1. The Morgan fingerprint density at radius 1 is 1.44 bits per heavy atom. The molecule has 2 rings (SSSR count). The van der Waals surface area contributed by atoms with Crippen molar-refractivity contribution in [3.63, 3.8) is 0 Å². The Balaban J connectivity index is 2.64. The first-order chi connectivity index (χ1) is 7.50. The normalized spacial score (nSPS) is 16.8. The summed E-state index contributed by atoms with van der Waals surface area (Å²) in [7, 11) is 1.61. The topological polar surface area (TPSA) is 63.5 Å². The number of hydrogen-bond donors (Lipinski definition) is 0. The quantitative estimate of drug-likeness (QED) is 0.408. The molecule has 0 N–H and O–H groups in total. The van der Waals surface area contributed by atoms with E-state index >= 15 is 0 Å². The number of carbonyl (C=O) groups excluding carboxylic acids is 1. The fourth-order valence-electron chi connectivity index (χ4n) is 1.79. The summed E-state index contributed by atoms with van der Waals surface area (Å²) in [4.78, 5) is 23.0. The molecule has 5 heteroatoms. The Hall–Kier alpha value is -2.17. The average molecular weight is 218 g/mol. The molecule has 0 bridgehead atoms. The third kappa shape index (κ3) is 1.46. The molecule has 1 aliphatic rings.